The minimum absolute atomic E-state index is 0.116. The van der Waals surface area contributed by atoms with Crippen molar-refractivity contribution in [2.24, 2.45) is 0 Å². The van der Waals surface area contributed by atoms with E-state index in [0.717, 1.165) is 41.0 Å². The third-order valence-corrected chi connectivity index (χ3v) is 4.18. The molecular weight excluding hydrogens is 354 g/mol. The molecule has 2 rings (SSSR count). The van der Waals surface area contributed by atoms with E-state index in [1.807, 2.05) is 32.0 Å². The predicted octanol–water partition coefficient (Wildman–Crippen LogP) is 4.58. The zero-order valence-electron chi connectivity index (χ0n) is 13.9. The highest BCUT2D eigenvalue weighted by Gasteiger charge is 2.11. The fourth-order valence-corrected chi connectivity index (χ4v) is 2.78. The Bertz CT molecular complexity index is 614. The van der Waals surface area contributed by atoms with E-state index >= 15 is 0 Å². The van der Waals surface area contributed by atoms with Gasteiger partial charge in [-0.1, -0.05) is 46.3 Å². The number of benzene rings is 2. The highest BCUT2D eigenvalue weighted by atomic mass is 79.9. The summed E-state index contributed by atoms with van der Waals surface area (Å²) >= 11 is 3.62. The first kappa shape index (κ1) is 17.8. The molecule has 0 aliphatic heterocycles. The lowest BCUT2D eigenvalue weighted by Gasteiger charge is -2.16. The van der Waals surface area contributed by atoms with Crippen molar-refractivity contribution < 1.29 is 9.47 Å². The lowest BCUT2D eigenvalue weighted by Crippen LogP contribution is -2.17. The van der Waals surface area contributed by atoms with Crippen LogP contribution < -0.4 is 14.8 Å². The molecule has 0 spiro atoms. The van der Waals surface area contributed by atoms with Gasteiger partial charge in [0.05, 0.1) is 13.2 Å². The van der Waals surface area contributed by atoms with E-state index in [-0.39, 0.29) is 6.10 Å². The summed E-state index contributed by atoms with van der Waals surface area (Å²) in [6, 6.07) is 14.5. The molecule has 2 aromatic carbocycles. The molecule has 0 saturated heterocycles. The standard InChI is InChI=1S/C19H24BrNO2/c1-14(2)23-19-12-17(20)16(11-18(19)22-3)13-21-10-9-15-7-5-4-6-8-15/h4-8,11-12,14,21H,9-10,13H2,1-3H3. The molecule has 4 heteroatoms. The van der Waals surface area contributed by atoms with Crippen molar-refractivity contribution in [3.8, 4) is 11.5 Å². The molecular formula is C19H24BrNO2. The first-order chi connectivity index (χ1) is 11.1. The summed E-state index contributed by atoms with van der Waals surface area (Å²) in [6.45, 7) is 5.73. The van der Waals surface area contributed by atoms with Crippen LogP contribution in [0.25, 0.3) is 0 Å². The van der Waals surface area contributed by atoms with Crippen LogP contribution in [0.5, 0.6) is 11.5 Å². The minimum Gasteiger partial charge on any atom is -0.493 e. The average molecular weight is 378 g/mol. The van der Waals surface area contributed by atoms with E-state index in [9.17, 15) is 0 Å². The third kappa shape index (κ3) is 5.56. The van der Waals surface area contributed by atoms with Crippen LogP contribution in [0.3, 0.4) is 0 Å². The smallest absolute Gasteiger partial charge is 0.162 e. The molecule has 0 aliphatic carbocycles. The van der Waals surface area contributed by atoms with E-state index in [1.165, 1.54) is 5.56 Å². The van der Waals surface area contributed by atoms with Gasteiger partial charge in [0.1, 0.15) is 0 Å². The van der Waals surface area contributed by atoms with Crippen LogP contribution in [0.4, 0.5) is 0 Å². The molecule has 2 aromatic rings. The molecule has 0 unspecified atom stereocenters. The second-order valence-electron chi connectivity index (χ2n) is 5.67. The molecule has 0 fully saturated rings. The lowest BCUT2D eigenvalue weighted by atomic mass is 10.1. The Morgan fingerprint density at radius 3 is 2.48 bits per heavy atom. The topological polar surface area (TPSA) is 30.5 Å². The molecule has 0 atom stereocenters. The molecule has 0 amide bonds. The Morgan fingerprint density at radius 2 is 1.83 bits per heavy atom. The molecule has 0 bridgehead atoms. The molecule has 23 heavy (non-hydrogen) atoms. The number of hydrogen-bond donors (Lipinski definition) is 1. The summed E-state index contributed by atoms with van der Waals surface area (Å²) in [4.78, 5) is 0. The van der Waals surface area contributed by atoms with Gasteiger partial charge in [-0.2, -0.15) is 0 Å². The highest BCUT2D eigenvalue weighted by Crippen LogP contribution is 2.34. The maximum Gasteiger partial charge on any atom is 0.162 e. The van der Waals surface area contributed by atoms with Crippen molar-refractivity contribution in [2.45, 2.75) is 32.9 Å². The summed E-state index contributed by atoms with van der Waals surface area (Å²) in [5.74, 6) is 1.53. The number of hydrogen-bond acceptors (Lipinski definition) is 3. The zero-order chi connectivity index (χ0) is 16.7. The molecule has 1 N–H and O–H groups in total. The van der Waals surface area contributed by atoms with Gasteiger partial charge in [-0.05, 0) is 50.1 Å². The van der Waals surface area contributed by atoms with Crippen molar-refractivity contribution in [1.82, 2.24) is 5.32 Å². The van der Waals surface area contributed by atoms with Crippen molar-refractivity contribution >= 4 is 15.9 Å². The second kappa shape index (κ2) is 8.94. The number of nitrogens with one attached hydrogen (secondary N) is 1. The predicted molar refractivity (Wildman–Crippen MR) is 98.3 cm³/mol. The Hall–Kier alpha value is -1.52. The van der Waals surface area contributed by atoms with Crippen molar-refractivity contribution in [3.63, 3.8) is 0 Å². The van der Waals surface area contributed by atoms with Gasteiger partial charge in [-0.15, -0.1) is 0 Å². The number of halogens is 1. The second-order valence-corrected chi connectivity index (χ2v) is 6.53. The van der Waals surface area contributed by atoms with Crippen molar-refractivity contribution in [3.05, 3.63) is 58.1 Å². The Morgan fingerprint density at radius 1 is 1.09 bits per heavy atom. The first-order valence-electron chi connectivity index (χ1n) is 7.88. The summed E-state index contributed by atoms with van der Waals surface area (Å²) in [5.41, 5.74) is 2.50. The molecule has 0 heterocycles. The van der Waals surface area contributed by atoms with Gasteiger partial charge < -0.3 is 14.8 Å². The Labute approximate surface area is 147 Å². The Kier molecular flexibility index (Phi) is 6.93. The van der Waals surface area contributed by atoms with Gasteiger partial charge >= 0.3 is 0 Å². The van der Waals surface area contributed by atoms with Crippen LogP contribution in [0, 0.1) is 0 Å². The quantitative estimate of drug-likeness (QED) is 0.683. The van der Waals surface area contributed by atoms with Crippen LogP contribution in [0.1, 0.15) is 25.0 Å². The third-order valence-electron chi connectivity index (χ3n) is 3.44. The SMILES string of the molecule is COc1cc(CNCCc2ccccc2)c(Br)cc1OC(C)C. The molecule has 124 valence electrons. The summed E-state index contributed by atoms with van der Waals surface area (Å²) in [5, 5.41) is 3.48. The average Bonchev–Trinajstić information content (AvgIpc) is 2.53. The summed E-state index contributed by atoms with van der Waals surface area (Å²) in [7, 11) is 1.67. The van der Waals surface area contributed by atoms with Gasteiger partial charge in [-0.3, -0.25) is 0 Å². The lowest BCUT2D eigenvalue weighted by molar-refractivity contribution is 0.230. The molecule has 3 nitrogen and oxygen atoms in total. The number of ether oxygens (including phenoxy) is 2. The zero-order valence-corrected chi connectivity index (χ0v) is 15.5. The van der Waals surface area contributed by atoms with Crippen LogP contribution in [-0.4, -0.2) is 19.8 Å². The number of methoxy groups -OCH3 is 1. The first-order valence-corrected chi connectivity index (χ1v) is 8.67. The van der Waals surface area contributed by atoms with Gasteiger partial charge in [-0.25, -0.2) is 0 Å². The maximum atomic E-state index is 5.78. The highest BCUT2D eigenvalue weighted by molar-refractivity contribution is 9.10. The normalized spacial score (nSPS) is 10.8. The van der Waals surface area contributed by atoms with Gasteiger partial charge in [0.15, 0.2) is 11.5 Å². The van der Waals surface area contributed by atoms with Crippen molar-refractivity contribution in [1.29, 1.82) is 0 Å². The monoisotopic (exact) mass is 377 g/mol. The van der Waals surface area contributed by atoms with E-state index < -0.39 is 0 Å². The van der Waals surface area contributed by atoms with E-state index in [1.54, 1.807) is 7.11 Å². The minimum atomic E-state index is 0.116. The van der Waals surface area contributed by atoms with Crippen molar-refractivity contribution in [2.75, 3.05) is 13.7 Å². The van der Waals surface area contributed by atoms with E-state index in [2.05, 4.69) is 45.5 Å². The number of rotatable bonds is 8. The summed E-state index contributed by atoms with van der Waals surface area (Å²) < 4.78 is 12.3. The molecule has 0 radical (unpaired) electrons. The maximum absolute atomic E-state index is 5.78. The van der Waals surface area contributed by atoms with E-state index in [4.69, 9.17) is 9.47 Å². The van der Waals surface area contributed by atoms with Crippen LogP contribution in [0.2, 0.25) is 0 Å². The van der Waals surface area contributed by atoms with E-state index in [0.29, 0.717) is 0 Å². The van der Waals surface area contributed by atoms with Gasteiger partial charge in [0.25, 0.3) is 0 Å². The molecule has 0 aliphatic rings. The van der Waals surface area contributed by atoms with Crippen LogP contribution >= 0.6 is 15.9 Å². The van der Waals surface area contributed by atoms with Gasteiger partial charge in [0, 0.05) is 11.0 Å². The fraction of sp³-hybridized carbons (Fsp3) is 0.368. The molecule has 0 aromatic heterocycles. The summed E-state index contributed by atoms with van der Waals surface area (Å²) in [6.07, 6.45) is 1.13. The Balaban J connectivity index is 1.94. The molecule has 0 saturated carbocycles. The largest absolute Gasteiger partial charge is 0.493 e. The fourth-order valence-electron chi connectivity index (χ4n) is 2.32. The van der Waals surface area contributed by atoms with Crippen LogP contribution in [-0.2, 0) is 13.0 Å². The van der Waals surface area contributed by atoms with Crippen LogP contribution in [0.15, 0.2) is 46.9 Å². The van der Waals surface area contributed by atoms with Gasteiger partial charge in [0.2, 0.25) is 0 Å².